The van der Waals surface area contributed by atoms with Crippen LogP contribution >= 0.6 is 0 Å². The largest absolute Gasteiger partial charge is 0.416 e. The second-order valence-electron chi connectivity index (χ2n) is 8.65. The summed E-state index contributed by atoms with van der Waals surface area (Å²) in [5.41, 5.74) is 0.187. The van der Waals surface area contributed by atoms with Crippen LogP contribution in [0.2, 0.25) is 0 Å². The third-order valence-electron chi connectivity index (χ3n) is 6.01. The number of nitrogens with zero attached hydrogens (tertiary/aromatic N) is 3. The predicted octanol–water partition coefficient (Wildman–Crippen LogP) is 3.82. The van der Waals surface area contributed by atoms with Crippen molar-refractivity contribution in [3.8, 4) is 23.6 Å². The number of halogens is 4. The molecular weight excluding hydrogens is 538 g/mol. The number of sulfonamides is 1. The first-order valence-corrected chi connectivity index (χ1v) is 13.2. The lowest BCUT2D eigenvalue weighted by Gasteiger charge is -2.23. The van der Waals surface area contributed by atoms with E-state index in [1.165, 1.54) is 18.2 Å². The summed E-state index contributed by atoms with van der Waals surface area (Å²) in [6.07, 6.45) is 1.55. The van der Waals surface area contributed by atoms with Crippen LogP contribution in [0.15, 0.2) is 59.5 Å². The number of anilines is 1. The molecule has 204 valence electrons. The van der Waals surface area contributed by atoms with Crippen molar-refractivity contribution in [2.75, 3.05) is 18.4 Å². The first-order chi connectivity index (χ1) is 18.5. The zero-order valence-corrected chi connectivity index (χ0v) is 21.2. The number of hydrogen-bond acceptors (Lipinski definition) is 6. The summed E-state index contributed by atoms with van der Waals surface area (Å²) in [5.74, 6) is 1.35. The molecule has 1 saturated heterocycles. The van der Waals surface area contributed by atoms with Crippen molar-refractivity contribution < 1.29 is 30.8 Å². The fourth-order valence-corrected chi connectivity index (χ4v) is 5.76. The number of terminal acetylenes is 1. The summed E-state index contributed by atoms with van der Waals surface area (Å²) in [4.78, 5) is 21.5. The Balaban J connectivity index is 1.53. The van der Waals surface area contributed by atoms with Crippen LogP contribution < -0.4 is 10.6 Å². The molecule has 1 fully saturated rings. The molecule has 1 amide bonds. The SMILES string of the molecule is C#CCNc1nc(CNC(=O)[C@@H]2CCCN2S(=O)(=O)c2ccc(F)cc2)cc(-c2ccc(C(F)(F)F)cc2)n1. The molecular formula is C26H23F4N5O3S. The van der Waals surface area contributed by atoms with Crippen molar-refractivity contribution in [3.05, 3.63) is 71.7 Å². The number of carbonyl (C=O) groups excluding carboxylic acids is 1. The van der Waals surface area contributed by atoms with Gasteiger partial charge in [0.05, 0.1) is 34.9 Å². The maximum absolute atomic E-state index is 13.3. The van der Waals surface area contributed by atoms with Gasteiger partial charge >= 0.3 is 6.18 Å². The van der Waals surface area contributed by atoms with Gasteiger partial charge in [-0.25, -0.2) is 22.8 Å². The molecule has 4 rings (SSSR count). The van der Waals surface area contributed by atoms with Crippen molar-refractivity contribution in [2.45, 2.75) is 36.5 Å². The molecule has 2 aromatic carbocycles. The molecule has 1 aliphatic heterocycles. The molecule has 2 N–H and O–H groups in total. The number of rotatable bonds is 8. The van der Waals surface area contributed by atoms with Crippen molar-refractivity contribution >= 4 is 21.9 Å². The van der Waals surface area contributed by atoms with E-state index in [1.807, 2.05) is 0 Å². The second kappa shape index (κ2) is 11.4. The molecule has 0 bridgehead atoms. The standard InChI is InChI=1S/C26H23F4N5O3S/c1-2-13-31-25-33-20(15-22(34-25)17-5-7-18(8-6-17)26(28,29)30)16-32-24(36)23-4-3-14-35(23)39(37,38)21-11-9-19(27)10-12-21/h1,5-12,15,23H,3-4,13-14,16H2,(H,32,36)(H,31,33,34)/t23-/m0/s1. The van der Waals surface area contributed by atoms with Crippen LogP contribution in [-0.2, 0) is 27.5 Å². The van der Waals surface area contributed by atoms with E-state index in [-0.39, 0.29) is 30.5 Å². The average Bonchev–Trinajstić information content (AvgIpc) is 3.42. The molecule has 1 aliphatic rings. The second-order valence-corrected chi connectivity index (χ2v) is 10.5. The Morgan fingerprint density at radius 1 is 1.10 bits per heavy atom. The number of carbonyl (C=O) groups is 1. The maximum Gasteiger partial charge on any atom is 0.416 e. The van der Waals surface area contributed by atoms with Gasteiger partial charge in [-0.05, 0) is 55.3 Å². The number of alkyl halides is 3. The van der Waals surface area contributed by atoms with Gasteiger partial charge in [-0.1, -0.05) is 18.1 Å². The van der Waals surface area contributed by atoms with E-state index in [0.29, 0.717) is 29.8 Å². The molecule has 0 aliphatic carbocycles. The third-order valence-corrected chi connectivity index (χ3v) is 7.93. The summed E-state index contributed by atoms with van der Waals surface area (Å²) in [7, 11) is -4.04. The monoisotopic (exact) mass is 561 g/mol. The Labute approximate surface area is 222 Å². The highest BCUT2D eigenvalue weighted by atomic mass is 32.2. The topological polar surface area (TPSA) is 104 Å². The first kappa shape index (κ1) is 28.0. The predicted molar refractivity (Wildman–Crippen MR) is 135 cm³/mol. The normalized spacial score (nSPS) is 16.0. The summed E-state index contributed by atoms with van der Waals surface area (Å²) in [5, 5.41) is 5.49. The third kappa shape index (κ3) is 6.52. The van der Waals surface area contributed by atoms with E-state index in [9.17, 15) is 30.8 Å². The highest BCUT2D eigenvalue weighted by Crippen LogP contribution is 2.31. The van der Waals surface area contributed by atoms with Crippen LogP contribution in [0.25, 0.3) is 11.3 Å². The van der Waals surface area contributed by atoms with E-state index in [0.717, 1.165) is 40.7 Å². The quantitative estimate of drug-likeness (QED) is 0.320. The lowest BCUT2D eigenvalue weighted by molar-refractivity contribution is -0.137. The van der Waals surface area contributed by atoms with Gasteiger partial charge in [0.25, 0.3) is 0 Å². The number of amides is 1. The number of benzene rings is 2. The van der Waals surface area contributed by atoms with Gasteiger partial charge in [-0.3, -0.25) is 4.79 Å². The molecule has 2 heterocycles. The Morgan fingerprint density at radius 2 is 1.79 bits per heavy atom. The summed E-state index contributed by atoms with van der Waals surface area (Å²) < 4.78 is 79.4. The molecule has 0 saturated carbocycles. The van der Waals surface area contributed by atoms with Gasteiger partial charge in [0.15, 0.2) is 0 Å². The Kier molecular flexibility index (Phi) is 8.17. The summed E-state index contributed by atoms with van der Waals surface area (Å²) in [6, 6.07) is 9.30. The Bertz CT molecular complexity index is 1490. The smallest absolute Gasteiger partial charge is 0.349 e. The molecule has 0 radical (unpaired) electrons. The van der Waals surface area contributed by atoms with Gasteiger partial charge in [-0.15, -0.1) is 6.42 Å². The molecule has 8 nitrogen and oxygen atoms in total. The van der Waals surface area contributed by atoms with Gasteiger partial charge in [-0.2, -0.15) is 17.5 Å². The zero-order valence-electron chi connectivity index (χ0n) is 20.4. The maximum atomic E-state index is 13.3. The fourth-order valence-electron chi connectivity index (χ4n) is 4.10. The van der Waals surface area contributed by atoms with Crippen LogP contribution in [0.5, 0.6) is 0 Å². The zero-order chi connectivity index (χ0) is 28.2. The van der Waals surface area contributed by atoms with Gasteiger partial charge in [0.1, 0.15) is 11.9 Å². The lowest BCUT2D eigenvalue weighted by atomic mass is 10.1. The highest BCUT2D eigenvalue weighted by molar-refractivity contribution is 7.89. The Morgan fingerprint density at radius 3 is 2.44 bits per heavy atom. The molecule has 1 atom stereocenters. The Hall–Kier alpha value is -4.02. The first-order valence-electron chi connectivity index (χ1n) is 11.8. The van der Waals surface area contributed by atoms with Crippen molar-refractivity contribution in [1.82, 2.24) is 19.6 Å². The van der Waals surface area contributed by atoms with E-state index < -0.39 is 39.5 Å². The minimum atomic E-state index is -4.49. The minimum Gasteiger partial charge on any atom is -0.349 e. The van der Waals surface area contributed by atoms with Crippen molar-refractivity contribution in [1.29, 1.82) is 0 Å². The highest BCUT2D eigenvalue weighted by Gasteiger charge is 2.39. The van der Waals surface area contributed by atoms with Crippen LogP contribution in [-0.4, -0.2) is 47.7 Å². The van der Waals surface area contributed by atoms with E-state index in [1.54, 1.807) is 0 Å². The molecule has 1 aromatic heterocycles. The van der Waals surface area contributed by atoms with Gasteiger partial charge < -0.3 is 10.6 Å². The van der Waals surface area contributed by atoms with Crippen LogP contribution in [0.1, 0.15) is 24.1 Å². The number of nitrogens with one attached hydrogen (secondary N) is 2. The van der Waals surface area contributed by atoms with E-state index in [2.05, 4.69) is 26.5 Å². The summed E-state index contributed by atoms with van der Waals surface area (Å²) in [6.45, 7) is 0.102. The number of aromatic nitrogens is 2. The fraction of sp³-hybridized carbons (Fsp3) is 0.269. The van der Waals surface area contributed by atoms with Crippen molar-refractivity contribution in [2.24, 2.45) is 0 Å². The van der Waals surface area contributed by atoms with E-state index >= 15 is 0 Å². The lowest BCUT2D eigenvalue weighted by Crippen LogP contribution is -2.45. The van der Waals surface area contributed by atoms with Gasteiger partial charge in [0, 0.05) is 12.1 Å². The van der Waals surface area contributed by atoms with Crippen LogP contribution in [0, 0.1) is 18.2 Å². The average molecular weight is 562 g/mol. The minimum absolute atomic E-state index is 0.0839. The van der Waals surface area contributed by atoms with E-state index in [4.69, 9.17) is 6.42 Å². The number of hydrogen-bond donors (Lipinski definition) is 2. The molecule has 0 spiro atoms. The van der Waals surface area contributed by atoms with Crippen LogP contribution in [0.4, 0.5) is 23.5 Å². The summed E-state index contributed by atoms with van der Waals surface area (Å²) >= 11 is 0. The molecule has 0 unspecified atom stereocenters. The molecule has 13 heteroatoms. The molecule has 3 aromatic rings. The van der Waals surface area contributed by atoms with Crippen molar-refractivity contribution in [3.63, 3.8) is 0 Å². The van der Waals surface area contributed by atoms with Crippen LogP contribution in [0.3, 0.4) is 0 Å². The molecule has 39 heavy (non-hydrogen) atoms. The van der Waals surface area contributed by atoms with Gasteiger partial charge in [0.2, 0.25) is 21.9 Å².